The Kier molecular flexibility index (Phi) is 4.53. The summed E-state index contributed by atoms with van der Waals surface area (Å²) < 4.78 is 0. The van der Waals surface area contributed by atoms with Crippen LogP contribution in [0.3, 0.4) is 0 Å². The van der Waals surface area contributed by atoms with Crippen LogP contribution in [0.2, 0.25) is 0 Å². The summed E-state index contributed by atoms with van der Waals surface area (Å²) in [7, 11) is 0. The predicted octanol–water partition coefficient (Wildman–Crippen LogP) is 3.16. The van der Waals surface area contributed by atoms with Crippen molar-refractivity contribution in [3.8, 4) is 6.07 Å². The monoisotopic (exact) mass is 270 g/mol. The summed E-state index contributed by atoms with van der Waals surface area (Å²) in [6.07, 6.45) is 2.05. The quantitative estimate of drug-likeness (QED) is 0.793. The fraction of sp³-hybridized carbons (Fsp3) is 0.267. The van der Waals surface area contributed by atoms with Crippen LogP contribution < -0.4 is 0 Å². The third-order valence-electron chi connectivity index (χ3n) is 3.01. The van der Waals surface area contributed by atoms with Crippen molar-refractivity contribution in [2.75, 3.05) is 5.75 Å². The van der Waals surface area contributed by atoms with Crippen LogP contribution in [0, 0.1) is 17.2 Å². The molecule has 1 aromatic carbocycles. The van der Waals surface area contributed by atoms with E-state index in [1.165, 1.54) is 11.8 Å². The topological polar surface area (TPSA) is 53.2 Å². The minimum atomic E-state index is -0.343. The molecule has 1 aromatic rings. The molecule has 96 valence electrons. The number of amides is 1. The standard InChI is InChI=1S/C15H14N2OS/c1-2-8-19-15-13(10-16)12(9-14(18)17-15)11-6-4-3-5-7-11/h2-7,12-13H,1,8-9H2. The van der Waals surface area contributed by atoms with Gasteiger partial charge in [0.05, 0.1) is 11.1 Å². The summed E-state index contributed by atoms with van der Waals surface area (Å²) in [5, 5.41) is 10.0. The van der Waals surface area contributed by atoms with Gasteiger partial charge in [-0.2, -0.15) is 5.26 Å². The van der Waals surface area contributed by atoms with Crippen molar-refractivity contribution < 1.29 is 4.79 Å². The molecule has 1 aliphatic rings. The molecular formula is C15H14N2OS. The van der Waals surface area contributed by atoms with Crippen molar-refractivity contribution in [3.63, 3.8) is 0 Å². The maximum atomic E-state index is 11.7. The van der Waals surface area contributed by atoms with Crippen molar-refractivity contribution in [1.82, 2.24) is 0 Å². The van der Waals surface area contributed by atoms with Gasteiger partial charge < -0.3 is 0 Å². The van der Waals surface area contributed by atoms with E-state index >= 15 is 0 Å². The molecular weight excluding hydrogens is 256 g/mol. The van der Waals surface area contributed by atoms with Crippen molar-refractivity contribution >= 4 is 22.7 Å². The average Bonchev–Trinajstić information content (AvgIpc) is 2.45. The SMILES string of the molecule is C=CCSC1=NC(=O)CC(c2ccccc2)C1C#N. The number of nitrogens with zero attached hydrogens (tertiary/aromatic N) is 2. The lowest BCUT2D eigenvalue weighted by atomic mass is 9.83. The number of benzene rings is 1. The van der Waals surface area contributed by atoms with E-state index in [0.717, 1.165) is 5.56 Å². The minimum Gasteiger partial charge on any atom is -0.273 e. The summed E-state index contributed by atoms with van der Waals surface area (Å²) in [5.74, 6) is 0.0756. The Balaban J connectivity index is 2.31. The molecule has 1 aliphatic heterocycles. The van der Waals surface area contributed by atoms with E-state index in [2.05, 4.69) is 17.6 Å². The summed E-state index contributed by atoms with van der Waals surface area (Å²) >= 11 is 1.42. The molecule has 1 amide bonds. The molecule has 0 saturated heterocycles. The van der Waals surface area contributed by atoms with Crippen LogP contribution in [0.5, 0.6) is 0 Å². The molecule has 0 radical (unpaired) electrons. The Hall–Kier alpha value is -1.86. The summed E-state index contributed by atoms with van der Waals surface area (Å²) in [4.78, 5) is 15.8. The largest absolute Gasteiger partial charge is 0.273 e. The van der Waals surface area contributed by atoms with Crippen LogP contribution in [-0.2, 0) is 4.79 Å². The van der Waals surface area contributed by atoms with Crippen molar-refractivity contribution in [2.45, 2.75) is 12.3 Å². The first-order valence-electron chi connectivity index (χ1n) is 6.06. The van der Waals surface area contributed by atoms with Gasteiger partial charge in [-0.25, -0.2) is 4.99 Å². The molecule has 2 unspecified atom stereocenters. The van der Waals surface area contributed by atoms with E-state index in [1.807, 2.05) is 30.3 Å². The third-order valence-corrected chi connectivity index (χ3v) is 4.06. The van der Waals surface area contributed by atoms with Crippen molar-refractivity contribution in [3.05, 3.63) is 48.6 Å². The van der Waals surface area contributed by atoms with E-state index in [9.17, 15) is 10.1 Å². The molecule has 0 aromatic heterocycles. The van der Waals surface area contributed by atoms with Crippen LogP contribution in [0.15, 0.2) is 48.0 Å². The second-order valence-electron chi connectivity index (χ2n) is 4.27. The number of carbonyl (C=O) groups excluding carboxylic acids is 1. The van der Waals surface area contributed by atoms with Gasteiger partial charge in [0.15, 0.2) is 0 Å². The predicted molar refractivity (Wildman–Crippen MR) is 78.0 cm³/mol. The molecule has 1 heterocycles. The molecule has 0 spiro atoms. The van der Waals surface area contributed by atoms with Gasteiger partial charge in [-0.3, -0.25) is 4.79 Å². The van der Waals surface area contributed by atoms with Gasteiger partial charge in [0.2, 0.25) is 5.91 Å². The minimum absolute atomic E-state index is 0.0940. The molecule has 3 nitrogen and oxygen atoms in total. The number of carbonyl (C=O) groups is 1. The Morgan fingerprint density at radius 1 is 1.47 bits per heavy atom. The van der Waals surface area contributed by atoms with E-state index in [1.54, 1.807) is 6.08 Å². The molecule has 0 bridgehead atoms. The maximum absolute atomic E-state index is 11.7. The van der Waals surface area contributed by atoms with Crippen LogP contribution in [0.1, 0.15) is 17.9 Å². The third kappa shape index (κ3) is 3.12. The smallest absolute Gasteiger partial charge is 0.247 e. The lowest BCUT2D eigenvalue weighted by Gasteiger charge is -2.25. The number of aliphatic imine (C=N–C) groups is 1. The fourth-order valence-electron chi connectivity index (χ4n) is 2.14. The number of rotatable bonds is 3. The molecule has 2 rings (SSSR count). The van der Waals surface area contributed by atoms with E-state index < -0.39 is 0 Å². The lowest BCUT2D eigenvalue weighted by molar-refractivity contribution is -0.118. The molecule has 0 saturated carbocycles. The van der Waals surface area contributed by atoms with Gasteiger partial charge in [-0.1, -0.05) is 36.4 Å². The highest BCUT2D eigenvalue weighted by Crippen LogP contribution is 2.35. The van der Waals surface area contributed by atoms with Crippen molar-refractivity contribution in [1.29, 1.82) is 5.26 Å². The first-order valence-corrected chi connectivity index (χ1v) is 7.04. The van der Waals surface area contributed by atoms with Crippen molar-refractivity contribution in [2.24, 2.45) is 10.9 Å². The number of hydrogen-bond donors (Lipinski definition) is 0. The first-order chi connectivity index (χ1) is 9.26. The van der Waals surface area contributed by atoms with E-state index in [-0.39, 0.29) is 17.7 Å². The molecule has 2 atom stereocenters. The van der Waals surface area contributed by atoms with Crippen LogP contribution in [0.4, 0.5) is 0 Å². The fourth-order valence-corrected chi connectivity index (χ4v) is 2.99. The molecule has 0 aliphatic carbocycles. The number of hydrogen-bond acceptors (Lipinski definition) is 3. The summed E-state index contributed by atoms with van der Waals surface area (Å²) in [6.45, 7) is 3.65. The highest BCUT2D eigenvalue weighted by atomic mass is 32.2. The Morgan fingerprint density at radius 2 is 2.21 bits per heavy atom. The Labute approximate surface area is 117 Å². The number of thioether (sulfide) groups is 1. The Bertz CT molecular complexity index is 545. The van der Waals surface area contributed by atoms with Crippen LogP contribution in [0.25, 0.3) is 0 Å². The highest BCUT2D eigenvalue weighted by Gasteiger charge is 2.34. The second kappa shape index (κ2) is 6.35. The molecule has 4 heteroatoms. The van der Waals surface area contributed by atoms with E-state index in [0.29, 0.717) is 17.2 Å². The Morgan fingerprint density at radius 3 is 2.84 bits per heavy atom. The molecule has 0 N–H and O–H groups in total. The van der Waals surface area contributed by atoms with E-state index in [4.69, 9.17) is 0 Å². The average molecular weight is 270 g/mol. The number of nitriles is 1. The van der Waals surface area contributed by atoms with Gasteiger partial charge in [0.1, 0.15) is 5.92 Å². The molecule has 0 fully saturated rings. The van der Waals surface area contributed by atoms with Crippen LogP contribution >= 0.6 is 11.8 Å². The first kappa shape index (κ1) is 13.6. The zero-order chi connectivity index (χ0) is 13.7. The maximum Gasteiger partial charge on any atom is 0.247 e. The normalized spacial score (nSPS) is 22.5. The van der Waals surface area contributed by atoms with Gasteiger partial charge in [0, 0.05) is 18.1 Å². The van der Waals surface area contributed by atoms with Gasteiger partial charge >= 0.3 is 0 Å². The highest BCUT2D eigenvalue weighted by molar-refractivity contribution is 8.14. The van der Waals surface area contributed by atoms with Gasteiger partial charge in [-0.15, -0.1) is 18.3 Å². The van der Waals surface area contributed by atoms with Gasteiger partial charge in [0.25, 0.3) is 0 Å². The van der Waals surface area contributed by atoms with Crippen LogP contribution in [-0.4, -0.2) is 16.7 Å². The lowest BCUT2D eigenvalue weighted by Crippen LogP contribution is -2.27. The summed E-state index contributed by atoms with van der Waals surface area (Å²) in [6, 6.07) is 12.0. The zero-order valence-corrected chi connectivity index (χ0v) is 11.3. The zero-order valence-electron chi connectivity index (χ0n) is 10.5. The summed E-state index contributed by atoms with van der Waals surface area (Å²) in [5.41, 5.74) is 1.02. The molecule has 19 heavy (non-hydrogen) atoms. The second-order valence-corrected chi connectivity index (χ2v) is 5.31. The van der Waals surface area contributed by atoms with Gasteiger partial charge in [-0.05, 0) is 5.56 Å².